The molecule has 7 heteroatoms. The molecule has 1 aromatic heterocycles. The van der Waals surface area contributed by atoms with Crippen molar-refractivity contribution in [1.82, 2.24) is 4.98 Å². The van der Waals surface area contributed by atoms with Crippen LogP contribution in [-0.2, 0) is 6.18 Å². The molecule has 1 heterocycles. The normalized spacial score (nSPS) is 11.7. The van der Waals surface area contributed by atoms with Gasteiger partial charge in [0.25, 0.3) is 0 Å². The molecular formula is C12H5Cl2F4N. The first-order valence-electron chi connectivity index (χ1n) is 4.98. The molecule has 0 saturated carbocycles. The van der Waals surface area contributed by atoms with Crippen LogP contribution in [0.15, 0.2) is 30.5 Å². The van der Waals surface area contributed by atoms with E-state index in [9.17, 15) is 17.6 Å². The third kappa shape index (κ3) is 2.82. The second kappa shape index (κ2) is 4.98. The molecule has 0 fully saturated rings. The molecule has 19 heavy (non-hydrogen) atoms. The first-order chi connectivity index (χ1) is 8.80. The highest BCUT2D eigenvalue weighted by atomic mass is 35.5. The summed E-state index contributed by atoms with van der Waals surface area (Å²) >= 11 is 11.6. The lowest BCUT2D eigenvalue weighted by Gasteiger charge is -2.09. The molecule has 1 nitrogen and oxygen atoms in total. The summed E-state index contributed by atoms with van der Waals surface area (Å²) in [6.45, 7) is 0. The summed E-state index contributed by atoms with van der Waals surface area (Å²) in [6, 6.07) is 4.78. The molecule has 0 aliphatic rings. The second-order valence-corrected chi connectivity index (χ2v) is 4.44. The van der Waals surface area contributed by atoms with Crippen LogP contribution in [0.1, 0.15) is 5.56 Å². The Bertz CT molecular complexity index is 626. The van der Waals surface area contributed by atoms with Gasteiger partial charge in [0.2, 0.25) is 0 Å². The van der Waals surface area contributed by atoms with E-state index < -0.39 is 17.6 Å². The molecule has 2 aromatic rings. The molecule has 0 unspecified atom stereocenters. The fourth-order valence-corrected chi connectivity index (χ4v) is 1.87. The van der Waals surface area contributed by atoms with Crippen LogP contribution in [0.2, 0.25) is 10.0 Å². The van der Waals surface area contributed by atoms with E-state index in [1.807, 2.05) is 0 Å². The third-order valence-corrected chi connectivity index (χ3v) is 3.19. The van der Waals surface area contributed by atoms with E-state index >= 15 is 0 Å². The number of aromatic nitrogens is 1. The summed E-state index contributed by atoms with van der Waals surface area (Å²) < 4.78 is 50.9. The fourth-order valence-electron chi connectivity index (χ4n) is 1.48. The Morgan fingerprint density at radius 1 is 1.11 bits per heavy atom. The number of hydrogen-bond donors (Lipinski definition) is 0. The summed E-state index contributed by atoms with van der Waals surface area (Å²) in [5, 5.41) is 0.204. The Kier molecular flexibility index (Phi) is 3.69. The molecule has 0 bridgehead atoms. The largest absolute Gasteiger partial charge is 0.417 e. The number of pyridine rings is 1. The summed E-state index contributed by atoms with van der Waals surface area (Å²) in [7, 11) is 0. The van der Waals surface area contributed by atoms with Gasteiger partial charge >= 0.3 is 6.18 Å². The molecule has 2 rings (SSSR count). The average Bonchev–Trinajstić information content (AvgIpc) is 2.32. The van der Waals surface area contributed by atoms with Gasteiger partial charge in [-0.25, -0.2) is 4.39 Å². The van der Waals surface area contributed by atoms with Gasteiger partial charge in [-0.3, -0.25) is 4.98 Å². The van der Waals surface area contributed by atoms with Crippen molar-refractivity contribution in [2.75, 3.05) is 0 Å². The second-order valence-electron chi connectivity index (χ2n) is 3.65. The van der Waals surface area contributed by atoms with Crippen LogP contribution in [0, 0.1) is 5.82 Å². The minimum atomic E-state index is -4.65. The summed E-state index contributed by atoms with van der Waals surface area (Å²) in [6.07, 6.45) is -4.10. The molecule has 0 aliphatic carbocycles. The first-order valence-corrected chi connectivity index (χ1v) is 5.73. The van der Waals surface area contributed by atoms with E-state index in [0.717, 1.165) is 0 Å². The van der Waals surface area contributed by atoms with Crippen molar-refractivity contribution >= 4 is 23.2 Å². The summed E-state index contributed by atoms with van der Waals surface area (Å²) in [4.78, 5) is 3.48. The molecule has 0 N–H and O–H groups in total. The number of halogens is 6. The van der Waals surface area contributed by atoms with Gasteiger partial charge in [-0.15, -0.1) is 0 Å². The quantitative estimate of drug-likeness (QED) is 0.659. The van der Waals surface area contributed by atoms with Gasteiger partial charge in [-0.2, -0.15) is 13.2 Å². The minimum absolute atomic E-state index is 0.0373. The third-order valence-electron chi connectivity index (χ3n) is 2.38. The van der Waals surface area contributed by atoms with Crippen molar-refractivity contribution in [2.45, 2.75) is 6.18 Å². The van der Waals surface area contributed by atoms with Crippen LogP contribution >= 0.6 is 23.2 Å². The standard InChI is InChI=1S/C12H5Cl2F4N/c13-8-3-1-2-7(10(8)14)11-9(15)4-6(5-19-11)12(16,17)18/h1-5H. The Balaban J connectivity index is 2.56. The van der Waals surface area contributed by atoms with Gasteiger partial charge in [0, 0.05) is 11.8 Å². The fraction of sp³-hybridized carbons (Fsp3) is 0.0833. The molecule has 0 amide bonds. The summed E-state index contributed by atoms with van der Waals surface area (Å²) in [5.41, 5.74) is -1.30. The average molecular weight is 310 g/mol. The lowest BCUT2D eigenvalue weighted by atomic mass is 10.1. The molecule has 100 valence electrons. The van der Waals surface area contributed by atoms with Crippen molar-refractivity contribution in [3.05, 3.63) is 51.9 Å². The number of rotatable bonds is 1. The molecule has 0 atom stereocenters. The predicted octanol–water partition coefficient (Wildman–Crippen LogP) is 5.21. The van der Waals surface area contributed by atoms with Gasteiger partial charge in [0.15, 0.2) is 0 Å². The monoisotopic (exact) mass is 309 g/mol. The maximum Gasteiger partial charge on any atom is 0.417 e. The SMILES string of the molecule is Fc1cc(C(F)(F)F)cnc1-c1cccc(Cl)c1Cl. The van der Waals surface area contributed by atoms with E-state index in [4.69, 9.17) is 23.2 Å². The van der Waals surface area contributed by atoms with Gasteiger partial charge in [0.1, 0.15) is 11.5 Å². The molecular weight excluding hydrogens is 305 g/mol. The highest BCUT2D eigenvalue weighted by Gasteiger charge is 2.32. The van der Waals surface area contributed by atoms with E-state index in [2.05, 4.69) is 4.98 Å². The van der Waals surface area contributed by atoms with Gasteiger partial charge in [0.05, 0.1) is 15.6 Å². The van der Waals surface area contributed by atoms with Crippen molar-refractivity contribution < 1.29 is 17.6 Å². The zero-order valence-corrected chi connectivity index (χ0v) is 10.6. The molecule has 0 aliphatic heterocycles. The maximum absolute atomic E-state index is 13.7. The van der Waals surface area contributed by atoms with Crippen LogP contribution in [0.5, 0.6) is 0 Å². The van der Waals surface area contributed by atoms with Gasteiger partial charge in [-0.1, -0.05) is 35.3 Å². The Morgan fingerprint density at radius 3 is 2.37 bits per heavy atom. The van der Waals surface area contributed by atoms with Crippen molar-refractivity contribution in [3.8, 4) is 11.3 Å². The Hall–Kier alpha value is -1.33. The van der Waals surface area contributed by atoms with Crippen LogP contribution in [0.3, 0.4) is 0 Å². The first kappa shape index (κ1) is 14.1. The van der Waals surface area contributed by atoms with Crippen molar-refractivity contribution in [1.29, 1.82) is 0 Å². The highest BCUT2D eigenvalue weighted by molar-refractivity contribution is 6.43. The molecule has 0 spiro atoms. The number of benzene rings is 1. The Morgan fingerprint density at radius 2 is 1.79 bits per heavy atom. The molecule has 0 radical (unpaired) electrons. The van der Waals surface area contributed by atoms with Gasteiger partial charge < -0.3 is 0 Å². The molecule has 0 saturated heterocycles. The zero-order chi connectivity index (χ0) is 14.2. The maximum atomic E-state index is 13.7. The van der Waals surface area contributed by atoms with Crippen LogP contribution in [0.25, 0.3) is 11.3 Å². The summed E-state index contributed by atoms with van der Waals surface area (Å²) in [5.74, 6) is -1.11. The lowest BCUT2D eigenvalue weighted by molar-refractivity contribution is -0.138. The number of alkyl halides is 3. The lowest BCUT2D eigenvalue weighted by Crippen LogP contribution is -2.07. The van der Waals surface area contributed by atoms with E-state index in [1.165, 1.54) is 18.2 Å². The number of hydrogen-bond acceptors (Lipinski definition) is 1. The Labute approximate surface area is 115 Å². The van der Waals surface area contributed by atoms with Crippen molar-refractivity contribution in [2.24, 2.45) is 0 Å². The van der Waals surface area contributed by atoms with Crippen LogP contribution < -0.4 is 0 Å². The van der Waals surface area contributed by atoms with E-state index in [1.54, 1.807) is 0 Å². The highest BCUT2D eigenvalue weighted by Crippen LogP contribution is 2.35. The van der Waals surface area contributed by atoms with Gasteiger partial charge in [-0.05, 0) is 12.1 Å². The van der Waals surface area contributed by atoms with Crippen molar-refractivity contribution in [3.63, 3.8) is 0 Å². The predicted molar refractivity (Wildman–Crippen MR) is 64.7 cm³/mol. The topological polar surface area (TPSA) is 12.9 Å². The minimum Gasteiger partial charge on any atom is -0.252 e. The zero-order valence-electron chi connectivity index (χ0n) is 9.10. The molecule has 1 aromatic carbocycles. The number of nitrogens with zero attached hydrogens (tertiary/aromatic N) is 1. The van der Waals surface area contributed by atoms with Crippen LogP contribution in [0.4, 0.5) is 17.6 Å². The van der Waals surface area contributed by atoms with E-state index in [-0.39, 0.29) is 21.3 Å². The van der Waals surface area contributed by atoms with E-state index in [0.29, 0.717) is 12.3 Å². The smallest absolute Gasteiger partial charge is 0.252 e. The van der Waals surface area contributed by atoms with Crippen LogP contribution in [-0.4, -0.2) is 4.98 Å².